The van der Waals surface area contributed by atoms with Crippen LogP contribution in [-0.2, 0) is 10.0 Å². The van der Waals surface area contributed by atoms with E-state index in [4.69, 9.17) is 9.72 Å². The Morgan fingerprint density at radius 1 is 1.00 bits per heavy atom. The van der Waals surface area contributed by atoms with E-state index in [-0.39, 0.29) is 23.2 Å². The molecule has 0 saturated carbocycles. The lowest BCUT2D eigenvalue weighted by Gasteiger charge is -2.34. The molecule has 3 aromatic carbocycles. The summed E-state index contributed by atoms with van der Waals surface area (Å²) in [4.78, 5) is 22.2. The van der Waals surface area contributed by atoms with E-state index in [0.717, 1.165) is 43.4 Å². The van der Waals surface area contributed by atoms with Crippen LogP contribution < -0.4 is 19.7 Å². The van der Waals surface area contributed by atoms with Gasteiger partial charge >= 0.3 is 0 Å². The average Bonchev–Trinajstić information content (AvgIpc) is 3.38. The molecule has 1 saturated heterocycles. The van der Waals surface area contributed by atoms with Crippen molar-refractivity contribution in [1.29, 1.82) is 0 Å². The molecule has 2 heterocycles. The van der Waals surface area contributed by atoms with E-state index in [9.17, 15) is 13.2 Å². The van der Waals surface area contributed by atoms with Crippen LogP contribution >= 0.6 is 23.7 Å². The highest BCUT2D eigenvalue weighted by Gasteiger charge is 2.20. The number of ether oxygens (including phenoxy) is 1. The van der Waals surface area contributed by atoms with Gasteiger partial charge in [0.15, 0.2) is 5.13 Å². The molecule has 1 aromatic heterocycles. The summed E-state index contributed by atoms with van der Waals surface area (Å²) in [5, 5.41) is 4.00. The maximum Gasteiger partial charge on any atom is 0.261 e. The molecule has 0 unspecified atom stereocenters. The fourth-order valence-electron chi connectivity index (χ4n) is 4.28. The number of benzene rings is 3. The number of hydrogen-bond acceptors (Lipinski definition) is 8. The predicted molar refractivity (Wildman–Crippen MR) is 158 cm³/mol. The molecule has 1 fully saturated rings. The van der Waals surface area contributed by atoms with Crippen LogP contribution in [0.5, 0.6) is 5.75 Å². The minimum atomic E-state index is -3.80. The Morgan fingerprint density at radius 2 is 1.74 bits per heavy atom. The second kappa shape index (κ2) is 12.6. The third-order valence-electron chi connectivity index (χ3n) is 6.39. The molecule has 0 spiro atoms. The van der Waals surface area contributed by atoms with Crippen molar-refractivity contribution in [1.82, 2.24) is 15.2 Å². The first kappa shape index (κ1) is 28.6. The van der Waals surface area contributed by atoms with Gasteiger partial charge in [-0.1, -0.05) is 29.5 Å². The van der Waals surface area contributed by atoms with Crippen molar-refractivity contribution < 1.29 is 17.9 Å². The number of sulfonamides is 1. The SMILES string of the molecule is COc1ccc(S(=O)(=O)Nc2cccc(C(=O)NCCN3CCN(c4nc5ccccc5s4)CC3)c2)cc1.Cl. The third kappa shape index (κ3) is 6.99. The van der Waals surface area contributed by atoms with Crippen molar-refractivity contribution in [2.75, 3.05) is 56.0 Å². The molecule has 9 nitrogen and oxygen atoms in total. The number of nitrogens with one attached hydrogen (secondary N) is 2. The van der Waals surface area contributed by atoms with Crippen LogP contribution in [0, 0.1) is 0 Å². The van der Waals surface area contributed by atoms with E-state index in [2.05, 4.69) is 25.9 Å². The fraction of sp³-hybridized carbons (Fsp3) is 0.259. The number of amides is 1. The Morgan fingerprint density at radius 3 is 2.46 bits per heavy atom. The number of methoxy groups -OCH3 is 1. The number of carbonyl (C=O) groups is 1. The van der Waals surface area contributed by atoms with E-state index >= 15 is 0 Å². The molecule has 206 valence electrons. The number of nitrogens with zero attached hydrogens (tertiary/aromatic N) is 3. The van der Waals surface area contributed by atoms with Crippen LogP contribution in [0.25, 0.3) is 10.2 Å². The summed E-state index contributed by atoms with van der Waals surface area (Å²) in [5.41, 5.74) is 1.75. The van der Waals surface area contributed by atoms with E-state index in [1.54, 1.807) is 41.7 Å². The van der Waals surface area contributed by atoms with Gasteiger partial charge in [-0.25, -0.2) is 13.4 Å². The van der Waals surface area contributed by atoms with Crippen LogP contribution in [0.3, 0.4) is 0 Å². The van der Waals surface area contributed by atoms with Crippen LogP contribution in [-0.4, -0.2) is 70.6 Å². The van der Waals surface area contributed by atoms with Gasteiger partial charge in [-0.3, -0.25) is 14.4 Å². The lowest BCUT2D eigenvalue weighted by Crippen LogP contribution is -2.48. The molecule has 12 heteroatoms. The van der Waals surface area contributed by atoms with Crippen LogP contribution in [0.1, 0.15) is 10.4 Å². The smallest absolute Gasteiger partial charge is 0.261 e. The highest BCUT2D eigenvalue weighted by Crippen LogP contribution is 2.29. The van der Waals surface area contributed by atoms with Gasteiger partial charge in [-0.05, 0) is 54.6 Å². The first-order valence-corrected chi connectivity index (χ1v) is 14.6. The number of rotatable bonds is 9. The maximum absolute atomic E-state index is 12.7. The van der Waals surface area contributed by atoms with Gasteiger partial charge in [-0.2, -0.15) is 0 Å². The molecular formula is C27H30ClN5O4S2. The van der Waals surface area contributed by atoms with Crippen molar-refractivity contribution in [2.24, 2.45) is 0 Å². The zero-order valence-corrected chi connectivity index (χ0v) is 23.8. The van der Waals surface area contributed by atoms with Gasteiger partial charge in [-0.15, -0.1) is 12.4 Å². The van der Waals surface area contributed by atoms with Crippen LogP contribution in [0.4, 0.5) is 10.8 Å². The summed E-state index contributed by atoms with van der Waals surface area (Å²) >= 11 is 1.72. The number of fused-ring (bicyclic) bond motifs is 1. The van der Waals surface area contributed by atoms with Gasteiger partial charge in [0, 0.05) is 50.5 Å². The largest absolute Gasteiger partial charge is 0.497 e. The van der Waals surface area contributed by atoms with Gasteiger partial charge < -0.3 is 15.0 Å². The van der Waals surface area contributed by atoms with Gasteiger partial charge in [0.05, 0.1) is 22.2 Å². The number of halogens is 1. The van der Waals surface area contributed by atoms with Crippen molar-refractivity contribution in [3.63, 3.8) is 0 Å². The standard InChI is InChI=1S/C27H29N5O4S2.ClH/c1-36-22-9-11-23(12-10-22)38(34,35)30-21-6-4-5-20(19-21)26(33)28-13-14-31-15-17-32(18-16-31)27-29-24-7-2-3-8-25(24)37-27;/h2-12,19,30H,13-18H2,1H3,(H,28,33);1H. The molecule has 0 atom stereocenters. The summed E-state index contributed by atoms with van der Waals surface area (Å²) in [6.07, 6.45) is 0. The number of hydrogen-bond donors (Lipinski definition) is 2. The molecule has 4 aromatic rings. The molecule has 39 heavy (non-hydrogen) atoms. The summed E-state index contributed by atoms with van der Waals surface area (Å²) in [5.74, 6) is 0.321. The summed E-state index contributed by atoms with van der Waals surface area (Å²) < 4.78 is 34.3. The Kier molecular flexibility index (Phi) is 9.28. The quantitative estimate of drug-likeness (QED) is 0.304. The molecule has 0 aliphatic carbocycles. The summed E-state index contributed by atoms with van der Waals surface area (Å²) in [6.45, 7) is 4.82. The lowest BCUT2D eigenvalue weighted by atomic mass is 10.2. The first-order chi connectivity index (χ1) is 18.4. The minimum Gasteiger partial charge on any atom is -0.497 e. The van der Waals surface area contributed by atoms with Crippen molar-refractivity contribution in [3.05, 3.63) is 78.4 Å². The topological polar surface area (TPSA) is 104 Å². The molecule has 5 rings (SSSR count). The van der Waals surface area contributed by atoms with Crippen LogP contribution in [0.15, 0.2) is 77.7 Å². The molecule has 1 aliphatic rings. The molecule has 0 radical (unpaired) electrons. The fourth-order valence-corrected chi connectivity index (χ4v) is 6.35. The van der Waals surface area contributed by atoms with E-state index < -0.39 is 10.0 Å². The Hall–Kier alpha value is -3.38. The Balaban J connectivity index is 0.00000353. The normalized spacial score (nSPS) is 14.0. The van der Waals surface area contributed by atoms with Gasteiger partial charge in [0.2, 0.25) is 0 Å². The number of para-hydroxylation sites is 1. The Bertz CT molecular complexity index is 1490. The third-order valence-corrected chi connectivity index (χ3v) is 8.88. The highest BCUT2D eigenvalue weighted by atomic mass is 35.5. The maximum atomic E-state index is 12.7. The number of thiazole rings is 1. The van der Waals surface area contributed by atoms with Crippen molar-refractivity contribution in [2.45, 2.75) is 4.90 Å². The van der Waals surface area contributed by atoms with Crippen LogP contribution in [0.2, 0.25) is 0 Å². The second-order valence-electron chi connectivity index (χ2n) is 8.91. The number of aromatic nitrogens is 1. The zero-order chi connectivity index (χ0) is 26.5. The van der Waals surface area contributed by atoms with E-state index in [1.807, 2.05) is 18.2 Å². The first-order valence-electron chi connectivity index (χ1n) is 12.3. The zero-order valence-electron chi connectivity index (χ0n) is 21.4. The molecule has 2 N–H and O–H groups in total. The summed E-state index contributed by atoms with van der Waals surface area (Å²) in [7, 11) is -2.28. The van der Waals surface area contributed by atoms with Gasteiger partial charge in [0.25, 0.3) is 15.9 Å². The van der Waals surface area contributed by atoms with Crippen molar-refractivity contribution in [3.8, 4) is 5.75 Å². The molecule has 1 amide bonds. The number of carbonyl (C=O) groups excluding carboxylic acids is 1. The van der Waals surface area contributed by atoms with Gasteiger partial charge in [0.1, 0.15) is 5.75 Å². The highest BCUT2D eigenvalue weighted by molar-refractivity contribution is 7.92. The number of anilines is 2. The molecule has 1 aliphatic heterocycles. The minimum absolute atomic E-state index is 0. The molecular weight excluding hydrogens is 558 g/mol. The van der Waals surface area contributed by atoms with E-state index in [1.165, 1.54) is 30.0 Å². The van der Waals surface area contributed by atoms with Crippen molar-refractivity contribution >= 4 is 60.7 Å². The number of piperazine rings is 1. The van der Waals surface area contributed by atoms with E-state index in [0.29, 0.717) is 23.5 Å². The second-order valence-corrected chi connectivity index (χ2v) is 11.6. The molecule has 0 bridgehead atoms. The summed E-state index contributed by atoms with van der Waals surface area (Å²) in [6, 6.07) is 20.8. The predicted octanol–water partition coefficient (Wildman–Crippen LogP) is 4.08. The monoisotopic (exact) mass is 587 g/mol. The average molecular weight is 588 g/mol. The Labute approximate surface area is 238 Å². The lowest BCUT2D eigenvalue weighted by molar-refractivity contribution is 0.0948.